The highest BCUT2D eigenvalue weighted by Crippen LogP contribution is 2.30. The van der Waals surface area contributed by atoms with E-state index in [-0.39, 0.29) is 17.9 Å². The third kappa shape index (κ3) is 3.46. The summed E-state index contributed by atoms with van der Waals surface area (Å²) in [5.74, 6) is 0.319. The highest BCUT2D eigenvalue weighted by atomic mass is 35.5. The van der Waals surface area contributed by atoms with Crippen molar-refractivity contribution in [3.05, 3.63) is 33.8 Å². The number of nitrogens with zero attached hydrogens (tertiary/aromatic N) is 1. The molecule has 1 N–H and O–H groups in total. The van der Waals surface area contributed by atoms with Crippen molar-refractivity contribution in [3.63, 3.8) is 0 Å². The van der Waals surface area contributed by atoms with Gasteiger partial charge in [-0.1, -0.05) is 29.3 Å². The Morgan fingerprint density at radius 1 is 1.35 bits per heavy atom. The van der Waals surface area contributed by atoms with Crippen LogP contribution in [0.5, 0.6) is 0 Å². The first-order valence-corrected chi connectivity index (χ1v) is 7.68. The minimum Gasteiger partial charge on any atom is -0.339 e. The standard InChI is InChI=1S/C15H20Cl2N2O/c1-10(13-4-3-12(16)9-14(13)17)19(2)15(20)11-5-7-18-8-6-11/h3-4,9-11,18H,5-8H2,1-2H3. The van der Waals surface area contributed by atoms with Crippen molar-refractivity contribution in [2.24, 2.45) is 5.92 Å². The third-order valence-corrected chi connectivity index (χ3v) is 4.59. The van der Waals surface area contributed by atoms with Gasteiger partial charge in [0.25, 0.3) is 0 Å². The average Bonchev–Trinajstić information content (AvgIpc) is 2.46. The molecule has 110 valence electrons. The fourth-order valence-corrected chi connectivity index (χ4v) is 3.16. The molecule has 1 aromatic rings. The lowest BCUT2D eigenvalue weighted by atomic mass is 9.95. The normalized spacial score (nSPS) is 17.8. The molecule has 1 saturated heterocycles. The second-order valence-electron chi connectivity index (χ2n) is 5.32. The van der Waals surface area contributed by atoms with Crippen molar-refractivity contribution < 1.29 is 4.79 Å². The zero-order valence-electron chi connectivity index (χ0n) is 11.8. The van der Waals surface area contributed by atoms with Gasteiger partial charge in [0.15, 0.2) is 0 Å². The summed E-state index contributed by atoms with van der Waals surface area (Å²) < 4.78 is 0. The molecule has 1 aliphatic heterocycles. The second kappa shape index (κ2) is 6.79. The third-order valence-electron chi connectivity index (χ3n) is 4.03. The van der Waals surface area contributed by atoms with E-state index in [1.165, 1.54) is 0 Å². The van der Waals surface area contributed by atoms with Gasteiger partial charge in [0.2, 0.25) is 5.91 Å². The Kier molecular flexibility index (Phi) is 5.30. The molecule has 1 fully saturated rings. The average molecular weight is 315 g/mol. The minimum absolute atomic E-state index is 0.0536. The van der Waals surface area contributed by atoms with Crippen LogP contribution in [0.2, 0.25) is 10.0 Å². The zero-order chi connectivity index (χ0) is 14.7. The van der Waals surface area contributed by atoms with Crippen LogP contribution < -0.4 is 5.32 Å². The number of nitrogens with one attached hydrogen (secondary N) is 1. The number of carbonyl (C=O) groups is 1. The molecular formula is C15H20Cl2N2O. The summed E-state index contributed by atoms with van der Waals surface area (Å²) >= 11 is 12.1. The van der Waals surface area contributed by atoms with Gasteiger partial charge in [-0.05, 0) is 50.6 Å². The predicted molar refractivity (Wildman–Crippen MR) is 83.2 cm³/mol. The Bertz CT molecular complexity index is 487. The fraction of sp³-hybridized carbons (Fsp3) is 0.533. The van der Waals surface area contributed by atoms with Gasteiger partial charge in [0.05, 0.1) is 6.04 Å². The van der Waals surface area contributed by atoms with Crippen LogP contribution in [0.25, 0.3) is 0 Å². The molecule has 1 heterocycles. The van der Waals surface area contributed by atoms with Gasteiger partial charge in [0, 0.05) is 23.0 Å². The van der Waals surface area contributed by atoms with E-state index in [9.17, 15) is 4.79 Å². The van der Waals surface area contributed by atoms with Gasteiger partial charge in [-0.2, -0.15) is 0 Å². The molecule has 1 aliphatic rings. The molecule has 1 atom stereocenters. The SMILES string of the molecule is CC(c1ccc(Cl)cc1Cl)N(C)C(=O)C1CCNCC1. The summed E-state index contributed by atoms with van der Waals surface area (Å²) in [5, 5.41) is 4.49. The zero-order valence-corrected chi connectivity index (χ0v) is 13.3. The van der Waals surface area contributed by atoms with Gasteiger partial charge in [0.1, 0.15) is 0 Å². The topological polar surface area (TPSA) is 32.3 Å². The Morgan fingerprint density at radius 2 is 2.00 bits per heavy atom. The monoisotopic (exact) mass is 314 g/mol. The van der Waals surface area contributed by atoms with Gasteiger partial charge in [-0.25, -0.2) is 0 Å². The Labute approximate surface area is 130 Å². The van der Waals surface area contributed by atoms with E-state index < -0.39 is 0 Å². The van der Waals surface area contributed by atoms with E-state index in [1.54, 1.807) is 11.0 Å². The highest BCUT2D eigenvalue weighted by Gasteiger charge is 2.27. The Hall–Kier alpha value is -0.770. The first-order chi connectivity index (χ1) is 9.50. The number of piperidine rings is 1. The van der Waals surface area contributed by atoms with Crippen molar-refractivity contribution >= 4 is 29.1 Å². The summed E-state index contributed by atoms with van der Waals surface area (Å²) in [5.41, 5.74) is 0.931. The Balaban J connectivity index is 2.10. The molecule has 0 aliphatic carbocycles. The number of benzene rings is 1. The fourth-order valence-electron chi connectivity index (χ4n) is 2.60. The van der Waals surface area contributed by atoms with Crippen LogP contribution in [0.15, 0.2) is 18.2 Å². The van der Waals surface area contributed by atoms with Crippen LogP contribution in [0, 0.1) is 5.92 Å². The van der Waals surface area contributed by atoms with Crippen LogP contribution in [0.1, 0.15) is 31.4 Å². The molecule has 0 spiro atoms. The molecule has 0 bridgehead atoms. The van der Waals surface area contributed by atoms with Gasteiger partial charge in [-0.15, -0.1) is 0 Å². The minimum atomic E-state index is -0.0536. The Morgan fingerprint density at radius 3 is 2.60 bits per heavy atom. The van der Waals surface area contributed by atoms with E-state index in [0.29, 0.717) is 10.0 Å². The smallest absolute Gasteiger partial charge is 0.226 e. The second-order valence-corrected chi connectivity index (χ2v) is 6.16. The van der Waals surface area contributed by atoms with Crippen molar-refractivity contribution in [1.82, 2.24) is 10.2 Å². The molecule has 1 unspecified atom stereocenters. The van der Waals surface area contributed by atoms with Crippen LogP contribution in [0.3, 0.4) is 0 Å². The molecule has 1 aromatic carbocycles. The molecule has 2 rings (SSSR count). The number of carbonyl (C=O) groups excluding carboxylic acids is 1. The van der Waals surface area contributed by atoms with Crippen molar-refractivity contribution in [3.8, 4) is 0 Å². The lowest BCUT2D eigenvalue weighted by Crippen LogP contribution is -2.40. The maximum Gasteiger partial charge on any atom is 0.226 e. The number of hydrogen-bond acceptors (Lipinski definition) is 2. The van der Waals surface area contributed by atoms with Crippen LogP contribution >= 0.6 is 23.2 Å². The summed E-state index contributed by atoms with van der Waals surface area (Å²) in [6, 6.07) is 5.36. The maximum atomic E-state index is 12.5. The van der Waals surface area contributed by atoms with E-state index in [0.717, 1.165) is 31.5 Å². The van der Waals surface area contributed by atoms with Crippen molar-refractivity contribution in [1.29, 1.82) is 0 Å². The van der Waals surface area contributed by atoms with Crippen molar-refractivity contribution in [2.75, 3.05) is 20.1 Å². The summed E-state index contributed by atoms with van der Waals surface area (Å²) in [6.07, 6.45) is 1.81. The number of hydrogen-bond donors (Lipinski definition) is 1. The van der Waals surface area contributed by atoms with Gasteiger partial charge < -0.3 is 10.2 Å². The van der Waals surface area contributed by atoms with Gasteiger partial charge in [-0.3, -0.25) is 4.79 Å². The lowest BCUT2D eigenvalue weighted by Gasteiger charge is -2.31. The molecule has 5 heteroatoms. The number of amides is 1. The number of halogens is 2. The highest BCUT2D eigenvalue weighted by molar-refractivity contribution is 6.35. The quantitative estimate of drug-likeness (QED) is 0.926. The summed E-state index contributed by atoms with van der Waals surface area (Å²) in [6.45, 7) is 3.83. The lowest BCUT2D eigenvalue weighted by molar-refractivity contribution is -0.137. The van der Waals surface area contributed by atoms with E-state index in [2.05, 4.69) is 5.32 Å². The molecule has 0 saturated carbocycles. The van der Waals surface area contributed by atoms with E-state index >= 15 is 0 Å². The maximum absolute atomic E-state index is 12.5. The van der Waals surface area contributed by atoms with Gasteiger partial charge >= 0.3 is 0 Å². The van der Waals surface area contributed by atoms with E-state index in [4.69, 9.17) is 23.2 Å². The molecule has 0 aromatic heterocycles. The summed E-state index contributed by atoms with van der Waals surface area (Å²) in [4.78, 5) is 14.3. The molecular weight excluding hydrogens is 295 g/mol. The summed E-state index contributed by atoms with van der Waals surface area (Å²) in [7, 11) is 1.85. The van der Waals surface area contributed by atoms with Crippen LogP contribution in [-0.4, -0.2) is 30.9 Å². The number of rotatable bonds is 3. The van der Waals surface area contributed by atoms with Crippen LogP contribution in [-0.2, 0) is 4.79 Å². The van der Waals surface area contributed by atoms with E-state index in [1.807, 2.05) is 26.1 Å². The largest absolute Gasteiger partial charge is 0.339 e. The predicted octanol–water partition coefficient (Wildman–Crippen LogP) is 3.51. The first-order valence-electron chi connectivity index (χ1n) is 6.93. The van der Waals surface area contributed by atoms with Crippen molar-refractivity contribution in [2.45, 2.75) is 25.8 Å². The molecule has 20 heavy (non-hydrogen) atoms. The first kappa shape index (κ1) is 15.6. The molecule has 0 radical (unpaired) electrons. The molecule has 1 amide bonds. The van der Waals surface area contributed by atoms with Crippen LogP contribution in [0.4, 0.5) is 0 Å². The molecule has 3 nitrogen and oxygen atoms in total.